The second kappa shape index (κ2) is 4.31. The smallest absolute Gasteiger partial charge is 0.258 e. The van der Waals surface area contributed by atoms with Crippen molar-refractivity contribution in [3.63, 3.8) is 0 Å². The van der Waals surface area contributed by atoms with Crippen molar-refractivity contribution in [2.45, 2.75) is 27.2 Å². The van der Waals surface area contributed by atoms with E-state index in [9.17, 15) is 10.1 Å². The predicted octanol–water partition coefficient (Wildman–Crippen LogP) is 3.95. The van der Waals surface area contributed by atoms with Crippen LogP contribution in [0.25, 0.3) is 0 Å². The van der Waals surface area contributed by atoms with Crippen molar-refractivity contribution >= 4 is 21.6 Å². The van der Waals surface area contributed by atoms with Gasteiger partial charge in [-0.1, -0.05) is 42.8 Å². The van der Waals surface area contributed by atoms with Crippen molar-refractivity contribution in [2.24, 2.45) is 5.41 Å². The van der Waals surface area contributed by atoms with Crippen LogP contribution in [0.5, 0.6) is 0 Å². The van der Waals surface area contributed by atoms with E-state index in [-0.39, 0.29) is 16.0 Å². The van der Waals surface area contributed by atoms with Crippen molar-refractivity contribution in [3.8, 4) is 0 Å². The second-order valence-corrected chi connectivity index (χ2v) is 5.68. The average molecular weight is 272 g/mol. The molecule has 0 unspecified atom stereocenters. The van der Waals surface area contributed by atoms with Gasteiger partial charge in [0, 0.05) is 16.1 Å². The van der Waals surface area contributed by atoms with Crippen LogP contribution in [-0.2, 0) is 6.42 Å². The first kappa shape index (κ1) is 12.2. The fourth-order valence-electron chi connectivity index (χ4n) is 1.43. The first-order valence-electron chi connectivity index (χ1n) is 4.72. The molecule has 0 radical (unpaired) electrons. The number of hydrogen-bond donors (Lipinski definition) is 0. The molecule has 0 atom stereocenters. The van der Waals surface area contributed by atoms with Crippen LogP contribution in [0.1, 0.15) is 26.3 Å². The first-order chi connectivity index (χ1) is 6.79. The monoisotopic (exact) mass is 271 g/mol. The van der Waals surface area contributed by atoms with Gasteiger partial charge in [0.2, 0.25) is 0 Å². The molecule has 1 rings (SSSR count). The minimum absolute atomic E-state index is 0.0542. The van der Waals surface area contributed by atoms with E-state index in [0.29, 0.717) is 6.42 Å². The largest absolute Gasteiger partial charge is 0.273 e. The van der Waals surface area contributed by atoms with E-state index in [1.165, 1.54) is 0 Å². The Kier molecular flexibility index (Phi) is 3.50. The molecule has 0 aliphatic rings. The Hall–Kier alpha value is -0.900. The predicted molar refractivity (Wildman–Crippen MR) is 64.0 cm³/mol. The molecule has 1 aromatic rings. The summed E-state index contributed by atoms with van der Waals surface area (Å²) >= 11 is 3.24. The van der Waals surface area contributed by atoms with Crippen LogP contribution in [0.15, 0.2) is 22.7 Å². The molecule has 0 fully saturated rings. The van der Waals surface area contributed by atoms with Gasteiger partial charge >= 0.3 is 0 Å². The Morgan fingerprint density at radius 3 is 2.47 bits per heavy atom. The summed E-state index contributed by atoms with van der Waals surface area (Å²) in [6.07, 6.45) is 0.705. The normalized spacial score (nSPS) is 11.5. The fourth-order valence-corrected chi connectivity index (χ4v) is 1.78. The Labute approximate surface area is 97.8 Å². The number of rotatable bonds is 2. The van der Waals surface area contributed by atoms with Crippen molar-refractivity contribution < 1.29 is 4.92 Å². The Bertz CT molecular complexity index is 383. The van der Waals surface area contributed by atoms with Crippen molar-refractivity contribution in [1.29, 1.82) is 0 Å². The van der Waals surface area contributed by atoms with Crippen LogP contribution in [0.2, 0.25) is 0 Å². The van der Waals surface area contributed by atoms with Gasteiger partial charge in [0.25, 0.3) is 5.69 Å². The zero-order chi connectivity index (χ0) is 11.6. The van der Waals surface area contributed by atoms with Crippen LogP contribution in [0.4, 0.5) is 5.69 Å². The van der Waals surface area contributed by atoms with Gasteiger partial charge in [0.05, 0.1) is 4.92 Å². The van der Waals surface area contributed by atoms with Crippen LogP contribution in [0, 0.1) is 15.5 Å². The molecule has 82 valence electrons. The topological polar surface area (TPSA) is 43.1 Å². The minimum atomic E-state index is -0.328. The summed E-state index contributed by atoms with van der Waals surface area (Å²) in [5, 5.41) is 10.8. The number of nitro benzene ring substituents is 1. The summed E-state index contributed by atoms with van der Waals surface area (Å²) in [5.41, 5.74) is 1.04. The van der Waals surface area contributed by atoms with Gasteiger partial charge in [-0.05, 0) is 17.9 Å². The number of benzene rings is 1. The van der Waals surface area contributed by atoms with Crippen molar-refractivity contribution in [2.75, 3.05) is 0 Å². The molecule has 3 nitrogen and oxygen atoms in total. The number of nitro groups is 1. The molecule has 0 spiro atoms. The van der Waals surface area contributed by atoms with E-state index in [1.54, 1.807) is 6.07 Å². The Morgan fingerprint density at radius 2 is 2.00 bits per heavy atom. The van der Waals surface area contributed by atoms with Gasteiger partial charge in [-0.3, -0.25) is 10.1 Å². The van der Waals surface area contributed by atoms with Crippen LogP contribution in [-0.4, -0.2) is 4.92 Å². The van der Waals surface area contributed by atoms with Gasteiger partial charge < -0.3 is 0 Å². The number of halogens is 1. The van der Waals surface area contributed by atoms with E-state index in [0.717, 1.165) is 10.0 Å². The lowest BCUT2D eigenvalue weighted by Gasteiger charge is -2.17. The Morgan fingerprint density at radius 1 is 1.40 bits per heavy atom. The maximum Gasteiger partial charge on any atom is 0.273 e. The van der Waals surface area contributed by atoms with Crippen LogP contribution in [0.3, 0.4) is 0 Å². The lowest BCUT2D eigenvalue weighted by atomic mass is 9.87. The van der Waals surface area contributed by atoms with Gasteiger partial charge in [0.15, 0.2) is 0 Å². The zero-order valence-corrected chi connectivity index (χ0v) is 10.7. The highest BCUT2D eigenvalue weighted by atomic mass is 79.9. The molecule has 0 heterocycles. The van der Waals surface area contributed by atoms with E-state index in [2.05, 4.69) is 36.7 Å². The number of nitrogens with zero attached hydrogens (tertiary/aromatic N) is 1. The molecule has 15 heavy (non-hydrogen) atoms. The summed E-state index contributed by atoms with van der Waals surface area (Å²) in [6, 6.07) is 5.21. The molecule has 0 N–H and O–H groups in total. The minimum Gasteiger partial charge on any atom is -0.258 e. The highest BCUT2D eigenvalue weighted by Crippen LogP contribution is 2.29. The maximum absolute atomic E-state index is 10.8. The van der Waals surface area contributed by atoms with E-state index in [4.69, 9.17) is 0 Å². The molecule has 0 saturated carbocycles. The third kappa shape index (κ3) is 3.63. The SMILES string of the molecule is CC(C)(C)Cc1ccc(Br)cc1[N+](=O)[O-]. The molecule has 0 amide bonds. The fraction of sp³-hybridized carbons (Fsp3) is 0.455. The molecule has 0 aliphatic carbocycles. The molecule has 4 heteroatoms. The zero-order valence-electron chi connectivity index (χ0n) is 9.08. The van der Waals surface area contributed by atoms with Crippen molar-refractivity contribution in [3.05, 3.63) is 38.3 Å². The Balaban J connectivity index is 3.12. The summed E-state index contributed by atoms with van der Waals surface area (Å²) in [5.74, 6) is 0. The van der Waals surface area contributed by atoms with Crippen LogP contribution >= 0.6 is 15.9 Å². The van der Waals surface area contributed by atoms with Gasteiger partial charge in [-0.25, -0.2) is 0 Å². The third-order valence-corrected chi connectivity index (χ3v) is 2.46. The molecule has 0 bridgehead atoms. The highest BCUT2D eigenvalue weighted by molar-refractivity contribution is 9.10. The van der Waals surface area contributed by atoms with Gasteiger partial charge in [-0.15, -0.1) is 0 Å². The molecule has 0 aliphatic heterocycles. The van der Waals surface area contributed by atoms with E-state index < -0.39 is 0 Å². The van der Waals surface area contributed by atoms with Crippen molar-refractivity contribution in [1.82, 2.24) is 0 Å². The van der Waals surface area contributed by atoms with Gasteiger partial charge in [-0.2, -0.15) is 0 Å². The lowest BCUT2D eigenvalue weighted by molar-refractivity contribution is -0.385. The third-order valence-electron chi connectivity index (χ3n) is 1.96. The second-order valence-electron chi connectivity index (χ2n) is 4.77. The summed E-state index contributed by atoms with van der Waals surface area (Å²) in [4.78, 5) is 10.5. The quantitative estimate of drug-likeness (QED) is 0.604. The summed E-state index contributed by atoms with van der Waals surface area (Å²) in [6.45, 7) is 6.20. The van der Waals surface area contributed by atoms with E-state index >= 15 is 0 Å². The molecule has 0 saturated heterocycles. The lowest BCUT2D eigenvalue weighted by Crippen LogP contribution is -2.10. The number of hydrogen-bond acceptors (Lipinski definition) is 2. The molecule has 1 aromatic carbocycles. The maximum atomic E-state index is 10.8. The van der Waals surface area contributed by atoms with Gasteiger partial charge in [0.1, 0.15) is 0 Å². The summed E-state index contributed by atoms with van der Waals surface area (Å²) in [7, 11) is 0. The highest BCUT2D eigenvalue weighted by Gasteiger charge is 2.19. The first-order valence-corrected chi connectivity index (χ1v) is 5.52. The average Bonchev–Trinajstić information content (AvgIpc) is 2.05. The molecular formula is C11H14BrNO2. The summed E-state index contributed by atoms with van der Waals surface area (Å²) < 4.78 is 0.742. The molecule has 0 aromatic heterocycles. The van der Waals surface area contributed by atoms with Crippen LogP contribution < -0.4 is 0 Å². The molecular weight excluding hydrogens is 258 g/mol. The van der Waals surface area contributed by atoms with E-state index in [1.807, 2.05) is 12.1 Å². The standard InChI is InChI=1S/C11H14BrNO2/c1-11(2,3)7-8-4-5-9(12)6-10(8)13(14)15/h4-6H,7H2,1-3H3.